The SMILES string of the molecule is Cc1ccc(NC(=O)COC(=O)CCN2C(=O)[C@H]3CC=CC[C@@H]3C2=O)cc1C. The summed E-state index contributed by atoms with van der Waals surface area (Å²) in [5.41, 5.74) is 2.80. The Hall–Kier alpha value is -2.96. The van der Waals surface area contributed by atoms with Crippen molar-refractivity contribution in [2.75, 3.05) is 18.5 Å². The highest BCUT2D eigenvalue weighted by Crippen LogP contribution is 2.34. The molecule has 1 aliphatic carbocycles. The number of allylic oxidation sites excluding steroid dienone is 2. The maximum absolute atomic E-state index is 12.3. The standard InChI is InChI=1S/C21H24N2O5/c1-13-7-8-15(11-14(13)2)22-18(24)12-28-19(25)9-10-23-20(26)16-5-3-4-6-17(16)21(23)27/h3-4,7-8,11,16-17H,5-6,9-10,12H2,1-2H3,(H,22,24)/t16-,17-/m0/s1. The lowest BCUT2D eigenvalue weighted by atomic mass is 9.85. The largest absolute Gasteiger partial charge is 0.456 e. The normalized spacial score (nSPS) is 20.9. The first kappa shape index (κ1) is 19.8. The van der Waals surface area contributed by atoms with Crippen molar-refractivity contribution in [1.82, 2.24) is 4.90 Å². The minimum Gasteiger partial charge on any atom is -0.456 e. The molecule has 0 bridgehead atoms. The van der Waals surface area contributed by atoms with E-state index in [9.17, 15) is 19.2 Å². The van der Waals surface area contributed by atoms with Crippen LogP contribution in [-0.4, -0.2) is 41.7 Å². The van der Waals surface area contributed by atoms with Gasteiger partial charge in [0.25, 0.3) is 5.91 Å². The number of carbonyl (C=O) groups excluding carboxylic acids is 4. The Bertz CT molecular complexity index is 819. The van der Waals surface area contributed by atoms with Crippen LogP contribution in [-0.2, 0) is 23.9 Å². The summed E-state index contributed by atoms with van der Waals surface area (Å²) in [6.07, 6.45) is 4.83. The molecule has 7 nitrogen and oxygen atoms in total. The van der Waals surface area contributed by atoms with Gasteiger partial charge in [0.2, 0.25) is 11.8 Å². The van der Waals surface area contributed by atoms with Gasteiger partial charge >= 0.3 is 5.97 Å². The second-order valence-corrected chi connectivity index (χ2v) is 7.24. The molecular formula is C21H24N2O5. The third kappa shape index (κ3) is 4.30. The monoisotopic (exact) mass is 384 g/mol. The molecule has 1 fully saturated rings. The van der Waals surface area contributed by atoms with Crippen LogP contribution in [0, 0.1) is 25.7 Å². The third-order valence-electron chi connectivity index (χ3n) is 5.29. The number of hydrogen-bond acceptors (Lipinski definition) is 5. The molecule has 0 radical (unpaired) electrons. The molecule has 1 aromatic rings. The zero-order chi connectivity index (χ0) is 20.3. The Morgan fingerprint density at radius 3 is 2.32 bits per heavy atom. The molecule has 1 heterocycles. The summed E-state index contributed by atoms with van der Waals surface area (Å²) in [5, 5.41) is 2.67. The van der Waals surface area contributed by atoms with Gasteiger partial charge in [0.1, 0.15) is 0 Å². The minimum atomic E-state index is -0.621. The van der Waals surface area contributed by atoms with E-state index in [-0.39, 0.29) is 36.6 Å². The van der Waals surface area contributed by atoms with Crippen molar-refractivity contribution in [1.29, 1.82) is 0 Å². The number of amides is 3. The van der Waals surface area contributed by atoms with E-state index in [1.54, 1.807) is 6.07 Å². The number of nitrogens with zero attached hydrogens (tertiary/aromatic N) is 1. The number of rotatable bonds is 6. The number of ether oxygens (including phenoxy) is 1. The number of nitrogens with one attached hydrogen (secondary N) is 1. The van der Waals surface area contributed by atoms with Gasteiger partial charge in [-0.3, -0.25) is 24.1 Å². The number of aryl methyl sites for hydroxylation is 2. The van der Waals surface area contributed by atoms with Gasteiger partial charge in [-0.15, -0.1) is 0 Å². The first-order valence-electron chi connectivity index (χ1n) is 9.39. The molecule has 1 aliphatic heterocycles. The molecule has 1 saturated heterocycles. The number of likely N-dealkylation sites (tertiary alicyclic amines) is 1. The Morgan fingerprint density at radius 1 is 1.07 bits per heavy atom. The summed E-state index contributed by atoms with van der Waals surface area (Å²) >= 11 is 0. The molecule has 0 unspecified atom stereocenters. The van der Waals surface area contributed by atoms with Gasteiger partial charge in [-0.05, 0) is 49.9 Å². The number of anilines is 1. The third-order valence-corrected chi connectivity index (χ3v) is 5.29. The first-order chi connectivity index (χ1) is 13.4. The van der Waals surface area contributed by atoms with Gasteiger partial charge < -0.3 is 10.1 Å². The number of benzene rings is 1. The van der Waals surface area contributed by atoms with Crippen molar-refractivity contribution in [3.05, 3.63) is 41.5 Å². The predicted molar refractivity (Wildman–Crippen MR) is 102 cm³/mol. The van der Waals surface area contributed by atoms with Crippen LogP contribution in [0.3, 0.4) is 0 Å². The molecule has 0 spiro atoms. The van der Waals surface area contributed by atoms with Crippen molar-refractivity contribution < 1.29 is 23.9 Å². The van der Waals surface area contributed by atoms with Crippen molar-refractivity contribution >= 4 is 29.4 Å². The topological polar surface area (TPSA) is 92.8 Å². The molecule has 28 heavy (non-hydrogen) atoms. The van der Waals surface area contributed by atoms with Crippen LogP contribution in [0.25, 0.3) is 0 Å². The predicted octanol–water partition coefficient (Wildman–Crippen LogP) is 2.13. The highest BCUT2D eigenvalue weighted by atomic mass is 16.5. The van der Waals surface area contributed by atoms with Crippen LogP contribution in [0.4, 0.5) is 5.69 Å². The smallest absolute Gasteiger partial charge is 0.308 e. The molecule has 0 aromatic heterocycles. The summed E-state index contributed by atoms with van der Waals surface area (Å²) in [4.78, 5) is 49.7. The Morgan fingerprint density at radius 2 is 1.71 bits per heavy atom. The Balaban J connectivity index is 1.43. The summed E-state index contributed by atoms with van der Waals surface area (Å²) < 4.78 is 4.97. The van der Waals surface area contributed by atoms with Gasteiger partial charge in [-0.2, -0.15) is 0 Å². The number of imide groups is 1. The Kier molecular flexibility index (Phi) is 5.92. The van der Waals surface area contributed by atoms with Crippen molar-refractivity contribution in [3.63, 3.8) is 0 Å². The van der Waals surface area contributed by atoms with Crippen LogP contribution in [0.1, 0.15) is 30.4 Å². The van der Waals surface area contributed by atoms with E-state index in [0.29, 0.717) is 18.5 Å². The highest BCUT2D eigenvalue weighted by molar-refractivity contribution is 6.05. The van der Waals surface area contributed by atoms with Gasteiger partial charge in [0, 0.05) is 12.2 Å². The molecule has 7 heteroatoms. The summed E-state index contributed by atoms with van der Waals surface area (Å²) in [6, 6.07) is 5.52. The fraction of sp³-hybridized carbons (Fsp3) is 0.429. The second kappa shape index (κ2) is 8.37. The zero-order valence-corrected chi connectivity index (χ0v) is 16.1. The van der Waals surface area contributed by atoms with Crippen molar-refractivity contribution in [2.45, 2.75) is 33.1 Å². The van der Waals surface area contributed by atoms with E-state index >= 15 is 0 Å². The average Bonchev–Trinajstić information content (AvgIpc) is 2.92. The molecule has 2 atom stereocenters. The molecule has 3 amide bonds. The summed E-state index contributed by atoms with van der Waals surface area (Å²) in [6.45, 7) is 3.49. The Labute approximate surface area is 163 Å². The molecular weight excluding hydrogens is 360 g/mol. The van der Waals surface area contributed by atoms with Crippen LogP contribution in [0.2, 0.25) is 0 Å². The second-order valence-electron chi connectivity index (χ2n) is 7.24. The molecule has 148 valence electrons. The fourth-order valence-electron chi connectivity index (χ4n) is 3.53. The molecule has 1 aromatic carbocycles. The minimum absolute atomic E-state index is 0.0116. The average molecular weight is 384 g/mol. The molecule has 1 N–H and O–H groups in total. The maximum Gasteiger partial charge on any atom is 0.308 e. The van der Waals surface area contributed by atoms with Crippen LogP contribution < -0.4 is 5.32 Å². The van der Waals surface area contributed by atoms with E-state index in [0.717, 1.165) is 16.0 Å². The van der Waals surface area contributed by atoms with E-state index in [1.165, 1.54) is 0 Å². The van der Waals surface area contributed by atoms with E-state index in [2.05, 4.69) is 5.32 Å². The van der Waals surface area contributed by atoms with Gasteiger partial charge in [-0.25, -0.2) is 0 Å². The maximum atomic E-state index is 12.3. The van der Waals surface area contributed by atoms with Gasteiger partial charge in [0.05, 0.1) is 18.3 Å². The number of carbonyl (C=O) groups is 4. The van der Waals surface area contributed by atoms with Gasteiger partial charge in [0.15, 0.2) is 6.61 Å². The van der Waals surface area contributed by atoms with Crippen LogP contribution >= 0.6 is 0 Å². The first-order valence-corrected chi connectivity index (χ1v) is 9.39. The van der Waals surface area contributed by atoms with E-state index in [4.69, 9.17) is 4.74 Å². The van der Waals surface area contributed by atoms with Crippen molar-refractivity contribution in [3.8, 4) is 0 Å². The molecule has 0 saturated carbocycles. The van der Waals surface area contributed by atoms with Gasteiger partial charge in [-0.1, -0.05) is 18.2 Å². The fourth-order valence-corrected chi connectivity index (χ4v) is 3.53. The number of esters is 1. The highest BCUT2D eigenvalue weighted by Gasteiger charge is 2.46. The lowest BCUT2D eigenvalue weighted by Crippen LogP contribution is -2.33. The number of fused-ring (bicyclic) bond motifs is 1. The summed E-state index contributed by atoms with van der Waals surface area (Å²) in [5.74, 6) is -2.13. The number of hydrogen-bond donors (Lipinski definition) is 1. The van der Waals surface area contributed by atoms with Crippen LogP contribution in [0.5, 0.6) is 0 Å². The molecule has 2 aliphatic rings. The lowest BCUT2D eigenvalue weighted by molar-refractivity contribution is -0.148. The zero-order valence-electron chi connectivity index (χ0n) is 16.1. The van der Waals surface area contributed by atoms with E-state index in [1.807, 2.05) is 38.1 Å². The lowest BCUT2D eigenvalue weighted by Gasteiger charge is -2.14. The summed E-state index contributed by atoms with van der Waals surface area (Å²) in [7, 11) is 0. The van der Waals surface area contributed by atoms with E-state index < -0.39 is 18.5 Å². The quantitative estimate of drug-likeness (QED) is 0.461. The van der Waals surface area contributed by atoms with Crippen LogP contribution in [0.15, 0.2) is 30.4 Å². The molecule has 3 rings (SSSR count). The van der Waals surface area contributed by atoms with Crippen molar-refractivity contribution in [2.24, 2.45) is 11.8 Å².